The molecule has 3 N–H and O–H groups in total. The van der Waals surface area contributed by atoms with E-state index in [4.69, 9.17) is 5.11 Å². The van der Waals surface area contributed by atoms with Crippen LogP contribution in [-0.2, 0) is 6.18 Å². The number of hydrogen-bond acceptors (Lipinski definition) is 2. The van der Waals surface area contributed by atoms with Gasteiger partial charge in [0.05, 0.1) is 12.2 Å². The van der Waals surface area contributed by atoms with Crippen molar-refractivity contribution >= 4 is 27.6 Å². The Labute approximate surface area is 109 Å². The standard InChI is InChI=1S/C10H10BrF3N2O2/c11-7-3-6(10(12,13)14)4-8(5-7)16-9(18)15-1-2-17/h3-5,17H,1-2H2,(H2,15,16,18). The zero-order chi connectivity index (χ0) is 13.8. The molecule has 0 radical (unpaired) electrons. The monoisotopic (exact) mass is 326 g/mol. The van der Waals surface area contributed by atoms with Gasteiger partial charge in [-0.1, -0.05) is 15.9 Å². The number of rotatable bonds is 3. The Kier molecular flexibility index (Phi) is 4.97. The number of hydrogen-bond donors (Lipinski definition) is 3. The number of aliphatic hydroxyl groups is 1. The molecule has 0 saturated carbocycles. The minimum Gasteiger partial charge on any atom is -0.395 e. The molecule has 1 aromatic rings. The molecule has 0 spiro atoms. The highest BCUT2D eigenvalue weighted by atomic mass is 79.9. The van der Waals surface area contributed by atoms with E-state index in [0.717, 1.165) is 12.1 Å². The third-order valence-electron chi connectivity index (χ3n) is 1.88. The van der Waals surface area contributed by atoms with Crippen molar-refractivity contribution in [1.82, 2.24) is 5.32 Å². The largest absolute Gasteiger partial charge is 0.416 e. The molecule has 0 unspecified atom stereocenters. The summed E-state index contributed by atoms with van der Waals surface area (Å²) >= 11 is 2.94. The maximum atomic E-state index is 12.5. The fourth-order valence-electron chi connectivity index (χ4n) is 1.17. The molecule has 0 aliphatic heterocycles. The number of aliphatic hydroxyl groups excluding tert-OH is 1. The molecule has 0 bridgehead atoms. The van der Waals surface area contributed by atoms with Gasteiger partial charge >= 0.3 is 12.2 Å². The molecule has 2 amide bonds. The lowest BCUT2D eigenvalue weighted by atomic mass is 10.2. The topological polar surface area (TPSA) is 61.4 Å². The fraction of sp³-hybridized carbons (Fsp3) is 0.300. The normalized spacial score (nSPS) is 11.2. The summed E-state index contributed by atoms with van der Waals surface area (Å²) in [7, 11) is 0. The molecule has 1 aromatic carbocycles. The van der Waals surface area contributed by atoms with Gasteiger partial charge in [-0.25, -0.2) is 4.79 Å². The number of anilines is 1. The number of benzene rings is 1. The van der Waals surface area contributed by atoms with Gasteiger partial charge in [-0.15, -0.1) is 0 Å². The number of urea groups is 1. The van der Waals surface area contributed by atoms with Gasteiger partial charge in [-0.2, -0.15) is 13.2 Å². The van der Waals surface area contributed by atoms with Crippen LogP contribution in [0.4, 0.5) is 23.7 Å². The molecule has 100 valence electrons. The Balaban J connectivity index is 2.84. The first-order valence-electron chi connectivity index (χ1n) is 4.86. The number of amides is 2. The quantitative estimate of drug-likeness (QED) is 0.799. The van der Waals surface area contributed by atoms with E-state index in [1.807, 2.05) is 0 Å². The molecule has 0 aliphatic carbocycles. The molecule has 8 heteroatoms. The number of carbonyl (C=O) groups is 1. The lowest BCUT2D eigenvalue weighted by Gasteiger charge is -2.11. The van der Waals surface area contributed by atoms with Crippen LogP contribution in [0.25, 0.3) is 0 Å². The van der Waals surface area contributed by atoms with E-state index in [1.165, 1.54) is 6.07 Å². The highest BCUT2D eigenvalue weighted by Crippen LogP contribution is 2.33. The predicted octanol–water partition coefficient (Wildman–Crippen LogP) is 2.58. The summed E-state index contributed by atoms with van der Waals surface area (Å²) in [6.45, 7) is -0.230. The van der Waals surface area contributed by atoms with Gasteiger partial charge in [0, 0.05) is 16.7 Å². The maximum Gasteiger partial charge on any atom is 0.416 e. The van der Waals surface area contributed by atoms with Gasteiger partial charge in [-0.05, 0) is 18.2 Å². The number of halogens is 4. The average Bonchev–Trinajstić information content (AvgIpc) is 2.24. The van der Waals surface area contributed by atoms with E-state index in [-0.39, 0.29) is 23.3 Å². The number of carbonyl (C=O) groups excluding carboxylic acids is 1. The smallest absolute Gasteiger partial charge is 0.395 e. The van der Waals surface area contributed by atoms with Crippen molar-refractivity contribution in [3.8, 4) is 0 Å². The molecular weight excluding hydrogens is 317 g/mol. The Morgan fingerprint density at radius 3 is 2.56 bits per heavy atom. The van der Waals surface area contributed by atoms with Crippen molar-refractivity contribution in [2.45, 2.75) is 6.18 Å². The summed E-state index contributed by atoms with van der Waals surface area (Å²) < 4.78 is 37.7. The first-order valence-corrected chi connectivity index (χ1v) is 5.65. The molecule has 0 aliphatic rings. The molecule has 0 aromatic heterocycles. The van der Waals surface area contributed by atoms with E-state index >= 15 is 0 Å². The van der Waals surface area contributed by atoms with E-state index < -0.39 is 17.8 Å². The third kappa shape index (κ3) is 4.53. The predicted molar refractivity (Wildman–Crippen MR) is 63.3 cm³/mol. The number of alkyl halides is 3. The third-order valence-corrected chi connectivity index (χ3v) is 2.34. The van der Waals surface area contributed by atoms with Crippen molar-refractivity contribution in [1.29, 1.82) is 0 Å². The first-order chi connectivity index (χ1) is 8.32. The summed E-state index contributed by atoms with van der Waals surface area (Å²) in [5.41, 5.74) is -0.860. The van der Waals surface area contributed by atoms with Crippen LogP contribution < -0.4 is 10.6 Å². The maximum absolute atomic E-state index is 12.5. The molecule has 0 atom stereocenters. The first kappa shape index (κ1) is 14.8. The lowest BCUT2D eigenvalue weighted by molar-refractivity contribution is -0.137. The second-order valence-electron chi connectivity index (χ2n) is 3.33. The Morgan fingerprint density at radius 2 is 2.00 bits per heavy atom. The summed E-state index contributed by atoms with van der Waals surface area (Å²) in [6.07, 6.45) is -4.48. The van der Waals surface area contributed by atoms with Crippen LogP contribution in [0.2, 0.25) is 0 Å². The fourth-order valence-corrected chi connectivity index (χ4v) is 1.66. The molecule has 0 fully saturated rings. The summed E-state index contributed by atoms with van der Waals surface area (Å²) in [5, 5.41) is 13.0. The van der Waals surface area contributed by atoms with Gasteiger partial charge in [0.15, 0.2) is 0 Å². The van der Waals surface area contributed by atoms with Crippen molar-refractivity contribution in [3.05, 3.63) is 28.2 Å². The zero-order valence-corrected chi connectivity index (χ0v) is 10.6. The van der Waals surface area contributed by atoms with Crippen LogP contribution >= 0.6 is 15.9 Å². The van der Waals surface area contributed by atoms with E-state index in [2.05, 4.69) is 26.6 Å². The highest BCUT2D eigenvalue weighted by molar-refractivity contribution is 9.10. The summed E-state index contributed by atoms with van der Waals surface area (Å²) in [4.78, 5) is 11.2. The van der Waals surface area contributed by atoms with Crippen molar-refractivity contribution in [2.24, 2.45) is 0 Å². The SMILES string of the molecule is O=C(NCCO)Nc1cc(Br)cc(C(F)(F)F)c1. The summed E-state index contributed by atoms with van der Waals surface area (Å²) in [5.74, 6) is 0. The Morgan fingerprint density at radius 1 is 1.33 bits per heavy atom. The Hall–Kier alpha value is -1.28. The second-order valence-corrected chi connectivity index (χ2v) is 4.25. The van der Waals surface area contributed by atoms with Crippen molar-refractivity contribution < 1.29 is 23.1 Å². The van der Waals surface area contributed by atoms with Crippen LogP contribution in [0, 0.1) is 0 Å². The van der Waals surface area contributed by atoms with E-state index in [1.54, 1.807) is 0 Å². The molecule has 4 nitrogen and oxygen atoms in total. The van der Waals surface area contributed by atoms with Gasteiger partial charge < -0.3 is 15.7 Å². The second kappa shape index (κ2) is 6.05. The van der Waals surface area contributed by atoms with Crippen LogP contribution in [0.1, 0.15) is 5.56 Å². The van der Waals surface area contributed by atoms with Gasteiger partial charge in [-0.3, -0.25) is 0 Å². The Bertz CT molecular complexity index is 438. The average molecular weight is 327 g/mol. The minimum atomic E-state index is -4.48. The molecule has 1 rings (SSSR count). The van der Waals surface area contributed by atoms with Crippen LogP contribution in [0.5, 0.6) is 0 Å². The molecular formula is C10H10BrF3N2O2. The molecule has 0 heterocycles. The summed E-state index contributed by atoms with van der Waals surface area (Å²) in [6, 6.07) is 2.39. The van der Waals surface area contributed by atoms with E-state index in [0.29, 0.717) is 0 Å². The lowest BCUT2D eigenvalue weighted by Crippen LogP contribution is -2.31. The van der Waals surface area contributed by atoms with Crippen molar-refractivity contribution in [3.63, 3.8) is 0 Å². The van der Waals surface area contributed by atoms with E-state index in [9.17, 15) is 18.0 Å². The van der Waals surface area contributed by atoms with Crippen LogP contribution in [-0.4, -0.2) is 24.3 Å². The van der Waals surface area contributed by atoms with Gasteiger partial charge in [0.1, 0.15) is 0 Å². The zero-order valence-electron chi connectivity index (χ0n) is 9.01. The van der Waals surface area contributed by atoms with Gasteiger partial charge in [0.2, 0.25) is 0 Å². The van der Waals surface area contributed by atoms with Crippen LogP contribution in [0.15, 0.2) is 22.7 Å². The molecule has 0 saturated heterocycles. The van der Waals surface area contributed by atoms with Crippen molar-refractivity contribution in [2.75, 3.05) is 18.5 Å². The minimum absolute atomic E-state index is 0.00661. The molecule has 18 heavy (non-hydrogen) atoms. The highest BCUT2D eigenvalue weighted by Gasteiger charge is 2.31. The number of nitrogens with one attached hydrogen (secondary N) is 2. The van der Waals surface area contributed by atoms with Gasteiger partial charge in [0.25, 0.3) is 0 Å². The van der Waals surface area contributed by atoms with Crippen LogP contribution in [0.3, 0.4) is 0 Å².